The number of piperidine rings is 1. The maximum absolute atomic E-state index is 11.5. The molecule has 114 valence electrons. The fourth-order valence-electron chi connectivity index (χ4n) is 3.12. The first kappa shape index (κ1) is 15.3. The molecule has 0 unspecified atom stereocenters. The summed E-state index contributed by atoms with van der Waals surface area (Å²) in [6.45, 7) is 13.1. The number of carbonyl (C=O) groups is 1. The van der Waals surface area contributed by atoms with Gasteiger partial charge in [-0.05, 0) is 26.0 Å². The number of rotatable bonds is 5. The summed E-state index contributed by atoms with van der Waals surface area (Å²) in [6, 6.07) is 0.681. The first-order chi connectivity index (χ1) is 9.72. The smallest absolute Gasteiger partial charge is 0.320 e. The largest absolute Gasteiger partial charge is 0.465 e. The molecule has 0 saturated carbocycles. The van der Waals surface area contributed by atoms with Crippen molar-refractivity contribution in [1.29, 1.82) is 0 Å². The maximum Gasteiger partial charge on any atom is 0.320 e. The van der Waals surface area contributed by atoms with Crippen LogP contribution in [-0.2, 0) is 9.53 Å². The van der Waals surface area contributed by atoms with E-state index in [4.69, 9.17) is 4.74 Å². The molecule has 0 atom stereocenters. The van der Waals surface area contributed by atoms with E-state index in [1.165, 1.54) is 0 Å². The highest BCUT2D eigenvalue weighted by atomic mass is 16.5. The van der Waals surface area contributed by atoms with Crippen molar-refractivity contribution in [3.63, 3.8) is 0 Å². The number of hydrogen-bond acceptors (Lipinski definition) is 5. The summed E-state index contributed by atoms with van der Waals surface area (Å²) in [7, 11) is 0. The van der Waals surface area contributed by atoms with Crippen LogP contribution in [0, 0.1) is 0 Å². The Bertz CT molecular complexity index is 319. The molecule has 0 aromatic carbocycles. The predicted octanol–water partition coefficient (Wildman–Crippen LogP) is 0.775. The third-order valence-electron chi connectivity index (χ3n) is 4.34. The number of hydrogen-bond donors (Lipinski definition) is 0. The molecule has 2 fully saturated rings. The highest BCUT2D eigenvalue weighted by Crippen LogP contribution is 2.18. The Labute approximate surface area is 122 Å². The molecule has 0 bridgehead atoms. The van der Waals surface area contributed by atoms with Crippen LogP contribution in [0.2, 0.25) is 0 Å². The summed E-state index contributed by atoms with van der Waals surface area (Å²) < 4.78 is 5.01. The molecule has 20 heavy (non-hydrogen) atoms. The monoisotopic (exact) mass is 281 g/mol. The minimum Gasteiger partial charge on any atom is -0.465 e. The van der Waals surface area contributed by atoms with Crippen LogP contribution >= 0.6 is 0 Å². The van der Waals surface area contributed by atoms with Crippen molar-refractivity contribution >= 4 is 5.97 Å². The molecule has 2 aliphatic rings. The summed E-state index contributed by atoms with van der Waals surface area (Å²) in [4.78, 5) is 18.6. The van der Waals surface area contributed by atoms with Crippen LogP contribution in [0.1, 0.15) is 19.8 Å². The second-order valence-electron chi connectivity index (χ2n) is 5.57. The summed E-state index contributed by atoms with van der Waals surface area (Å²) in [5.74, 6) is -0.0921. The lowest BCUT2D eigenvalue weighted by Gasteiger charge is -2.42. The van der Waals surface area contributed by atoms with Gasteiger partial charge in [0.25, 0.3) is 0 Å². The predicted molar refractivity (Wildman–Crippen MR) is 79.4 cm³/mol. The Morgan fingerprint density at radius 2 is 1.85 bits per heavy atom. The van der Waals surface area contributed by atoms with Crippen molar-refractivity contribution in [2.75, 3.05) is 52.4 Å². The molecular weight excluding hydrogens is 254 g/mol. The molecule has 0 N–H and O–H groups in total. The van der Waals surface area contributed by atoms with Crippen LogP contribution in [0.25, 0.3) is 0 Å². The lowest BCUT2D eigenvalue weighted by molar-refractivity contribution is -0.144. The minimum atomic E-state index is -0.0921. The highest BCUT2D eigenvalue weighted by molar-refractivity contribution is 5.71. The van der Waals surface area contributed by atoms with Crippen LogP contribution < -0.4 is 0 Å². The van der Waals surface area contributed by atoms with Gasteiger partial charge in [-0.25, -0.2) is 0 Å². The quantitative estimate of drug-likeness (QED) is 0.696. The Hall–Kier alpha value is -1.07. The number of ether oxygens (including phenoxy) is 1. The van der Waals surface area contributed by atoms with E-state index in [0.717, 1.165) is 52.1 Å². The summed E-state index contributed by atoms with van der Waals surface area (Å²) >= 11 is 0. The van der Waals surface area contributed by atoms with Crippen molar-refractivity contribution < 1.29 is 9.53 Å². The fourth-order valence-corrected chi connectivity index (χ4v) is 3.12. The molecule has 5 heteroatoms. The van der Waals surface area contributed by atoms with Crippen LogP contribution in [-0.4, -0.2) is 79.1 Å². The average molecular weight is 281 g/mol. The van der Waals surface area contributed by atoms with Gasteiger partial charge in [0.1, 0.15) is 0 Å². The van der Waals surface area contributed by atoms with Gasteiger partial charge in [-0.15, -0.1) is 0 Å². The molecule has 0 spiro atoms. The third kappa shape index (κ3) is 4.21. The lowest BCUT2D eigenvalue weighted by Crippen LogP contribution is -2.52. The van der Waals surface area contributed by atoms with Crippen molar-refractivity contribution in [3.8, 4) is 0 Å². The molecule has 5 nitrogen and oxygen atoms in total. The fraction of sp³-hybridized carbons (Fsp3) is 0.800. The second kappa shape index (κ2) is 7.64. The van der Waals surface area contributed by atoms with Crippen molar-refractivity contribution in [3.05, 3.63) is 12.8 Å². The highest BCUT2D eigenvalue weighted by Gasteiger charge is 2.27. The zero-order chi connectivity index (χ0) is 14.4. The minimum absolute atomic E-state index is 0.0921. The lowest BCUT2D eigenvalue weighted by atomic mass is 10.0. The second-order valence-corrected chi connectivity index (χ2v) is 5.57. The van der Waals surface area contributed by atoms with Gasteiger partial charge < -0.3 is 9.64 Å². The maximum atomic E-state index is 11.5. The Balaban J connectivity index is 1.69. The van der Waals surface area contributed by atoms with Crippen LogP contribution in [0.15, 0.2) is 12.8 Å². The topological polar surface area (TPSA) is 36.0 Å². The molecular formula is C15H27N3O2. The average Bonchev–Trinajstić information content (AvgIpc) is 2.48. The van der Waals surface area contributed by atoms with Crippen molar-refractivity contribution in [1.82, 2.24) is 14.7 Å². The normalized spacial score (nSPS) is 22.8. The van der Waals surface area contributed by atoms with Crippen LogP contribution in [0.5, 0.6) is 0 Å². The van der Waals surface area contributed by atoms with E-state index < -0.39 is 0 Å². The van der Waals surface area contributed by atoms with E-state index in [1.54, 1.807) is 0 Å². The Morgan fingerprint density at radius 3 is 2.40 bits per heavy atom. The molecule has 0 radical (unpaired) electrons. The molecule has 0 aliphatic carbocycles. The molecule has 0 aromatic rings. The first-order valence-electron chi connectivity index (χ1n) is 7.71. The summed E-state index contributed by atoms with van der Waals surface area (Å²) in [6.07, 6.45) is 4.26. The van der Waals surface area contributed by atoms with Gasteiger partial charge in [-0.3, -0.25) is 14.6 Å². The molecule has 0 amide bonds. The number of esters is 1. The van der Waals surface area contributed by atoms with E-state index in [1.807, 2.05) is 13.1 Å². The van der Waals surface area contributed by atoms with Crippen molar-refractivity contribution in [2.45, 2.75) is 25.8 Å². The van der Waals surface area contributed by atoms with Crippen LogP contribution in [0.4, 0.5) is 0 Å². The van der Waals surface area contributed by atoms with Gasteiger partial charge in [-0.1, -0.05) is 6.58 Å². The summed E-state index contributed by atoms with van der Waals surface area (Å²) in [5.41, 5.74) is 0. The van der Waals surface area contributed by atoms with E-state index >= 15 is 0 Å². The molecule has 2 heterocycles. The van der Waals surface area contributed by atoms with Gasteiger partial charge in [0.05, 0.1) is 13.2 Å². The zero-order valence-electron chi connectivity index (χ0n) is 12.6. The zero-order valence-corrected chi connectivity index (χ0v) is 12.6. The summed E-state index contributed by atoms with van der Waals surface area (Å²) in [5, 5.41) is 0. The molecule has 2 aliphatic heterocycles. The molecule has 2 rings (SSSR count). The van der Waals surface area contributed by atoms with Crippen LogP contribution in [0.3, 0.4) is 0 Å². The van der Waals surface area contributed by atoms with Gasteiger partial charge in [0, 0.05) is 45.3 Å². The van der Waals surface area contributed by atoms with E-state index in [9.17, 15) is 4.79 Å². The SMILES string of the molecule is C=CN1CCN(C2CCN(CC(=O)OCC)CC2)CC1. The van der Waals surface area contributed by atoms with Gasteiger partial charge in [0.15, 0.2) is 0 Å². The third-order valence-corrected chi connectivity index (χ3v) is 4.34. The Kier molecular flexibility index (Phi) is 5.86. The Morgan fingerprint density at radius 1 is 1.20 bits per heavy atom. The number of likely N-dealkylation sites (tertiary alicyclic amines) is 1. The van der Waals surface area contributed by atoms with Gasteiger partial charge in [0.2, 0.25) is 0 Å². The van der Waals surface area contributed by atoms with Crippen molar-refractivity contribution in [2.24, 2.45) is 0 Å². The van der Waals surface area contributed by atoms with E-state index in [0.29, 0.717) is 19.2 Å². The first-order valence-corrected chi connectivity index (χ1v) is 7.71. The van der Waals surface area contributed by atoms with E-state index in [2.05, 4.69) is 21.3 Å². The number of piperazine rings is 1. The standard InChI is InChI=1S/C15H27N3O2/c1-3-16-9-11-18(12-10-16)14-5-7-17(8-6-14)13-15(19)20-4-2/h3,14H,1,4-13H2,2H3. The van der Waals surface area contributed by atoms with Gasteiger partial charge >= 0.3 is 5.97 Å². The molecule has 0 aromatic heterocycles. The van der Waals surface area contributed by atoms with Gasteiger partial charge in [-0.2, -0.15) is 0 Å². The number of carbonyl (C=O) groups excluding carboxylic acids is 1. The molecule has 2 saturated heterocycles. The number of nitrogens with zero attached hydrogens (tertiary/aromatic N) is 3. The van der Waals surface area contributed by atoms with E-state index in [-0.39, 0.29) is 5.97 Å².